The highest BCUT2D eigenvalue weighted by Gasteiger charge is 2.17. The lowest BCUT2D eigenvalue weighted by atomic mass is 10.2. The van der Waals surface area contributed by atoms with Crippen LogP contribution in [0.3, 0.4) is 0 Å². The Morgan fingerprint density at radius 1 is 0.806 bits per heavy atom. The van der Waals surface area contributed by atoms with Crippen molar-refractivity contribution in [2.45, 2.75) is 65.6 Å². The van der Waals surface area contributed by atoms with Gasteiger partial charge in [-0.1, -0.05) is 24.3 Å². The molecule has 2 N–H and O–H groups in total. The molecule has 2 rings (SSSR count). The number of nitrogens with one attached hydrogen (secondary N) is 2. The quantitative estimate of drug-likeness (QED) is 0.244. The van der Waals surface area contributed by atoms with Crippen molar-refractivity contribution < 1.29 is 28.6 Å². The summed E-state index contributed by atoms with van der Waals surface area (Å²) in [7, 11) is 0. The fraction of sp³-hybridized carbons (Fsp3) is 0.393. The summed E-state index contributed by atoms with van der Waals surface area (Å²) in [5.74, 6) is 0.0701. The van der Waals surface area contributed by atoms with E-state index in [9.17, 15) is 14.4 Å². The van der Waals surface area contributed by atoms with E-state index in [0.717, 1.165) is 5.56 Å². The van der Waals surface area contributed by atoms with Gasteiger partial charge in [0.2, 0.25) is 5.91 Å². The lowest BCUT2D eigenvalue weighted by molar-refractivity contribution is -0.148. The third-order valence-corrected chi connectivity index (χ3v) is 4.35. The molecule has 0 saturated heterocycles. The van der Waals surface area contributed by atoms with E-state index < -0.39 is 23.3 Å². The summed E-state index contributed by atoms with van der Waals surface area (Å²) in [6, 6.07) is 14.2. The van der Waals surface area contributed by atoms with E-state index in [0.29, 0.717) is 30.2 Å². The van der Waals surface area contributed by atoms with Crippen LogP contribution in [0.5, 0.6) is 5.75 Å². The number of amides is 2. The third kappa shape index (κ3) is 11.6. The first-order valence-electron chi connectivity index (χ1n) is 11.8. The maximum absolute atomic E-state index is 12.4. The number of para-hydroxylation sites is 2. The van der Waals surface area contributed by atoms with Crippen LogP contribution in [0.15, 0.2) is 54.6 Å². The molecule has 2 aromatic rings. The second-order valence-electron chi connectivity index (χ2n) is 10.1. The summed E-state index contributed by atoms with van der Waals surface area (Å²) in [6.45, 7) is 11.1. The van der Waals surface area contributed by atoms with Crippen LogP contribution in [0, 0.1) is 0 Å². The second kappa shape index (κ2) is 12.8. The Kier molecular flexibility index (Phi) is 10.1. The van der Waals surface area contributed by atoms with E-state index in [1.54, 1.807) is 63.2 Å². The monoisotopic (exact) mass is 496 g/mol. The molecular weight excluding hydrogens is 460 g/mol. The molecule has 0 aliphatic heterocycles. The molecule has 0 radical (unpaired) electrons. The SMILES string of the molecule is CC(C)(C)OC(=O)C=Cc1ccc(OCCCC(=O)Nc2ccccc2NC(=O)OC(C)(C)C)cc1. The molecule has 0 spiro atoms. The third-order valence-electron chi connectivity index (χ3n) is 4.35. The maximum Gasteiger partial charge on any atom is 0.412 e. The topological polar surface area (TPSA) is 103 Å². The highest BCUT2D eigenvalue weighted by Crippen LogP contribution is 2.22. The van der Waals surface area contributed by atoms with Gasteiger partial charge in [0.25, 0.3) is 0 Å². The van der Waals surface area contributed by atoms with Crippen molar-refractivity contribution >= 4 is 35.4 Å². The summed E-state index contributed by atoms with van der Waals surface area (Å²) in [5.41, 5.74) is 0.628. The Labute approximate surface area is 213 Å². The molecule has 0 bridgehead atoms. The zero-order valence-corrected chi connectivity index (χ0v) is 21.8. The van der Waals surface area contributed by atoms with Crippen molar-refractivity contribution in [3.05, 3.63) is 60.2 Å². The van der Waals surface area contributed by atoms with Gasteiger partial charge in [-0.05, 0) is 83.9 Å². The standard InChI is InChI=1S/C28H36N2O6/c1-27(2,3)35-25(32)18-15-20-13-16-21(17-14-20)34-19-9-12-24(31)29-22-10-7-8-11-23(22)30-26(33)36-28(4,5)6/h7-8,10-11,13-18H,9,12,19H2,1-6H3,(H,29,31)(H,30,33). The number of esters is 1. The Bertz CT molecular complexity index is 1060. The molecule has 8 heteroatoms. The molecule has 2 amide bonds. The Hall–Kier alpha value is -3.81. The minimum atomic E-state index is -0.626. The van der Waals surface area contributed by atoms with Gasteiger partial charge >= 0.3 is 12.1 Å². The predicted octanol–water partition coefficient (Wildman–Crippen LogP) is 6.19. The minimum absolute atomic E-state index is 0.195. The van der Waals surface area contributed by atoms with Gasteiger partial charge in [0, 0.05) is 12.5 Å². The second-order valence-corrected chi connectivity index (χ2v) is 10.1. The molecule has 0 heterocycles. The molecule has 36 heavy (non-hydrogen) atoms. The fourth-order valence-electron chi connectivity index (χ4n) is 2.93. The lowest BCUT2D eigenvalue weighted by Gasteiger charge is -2.20. The molecule has 0 unspecified atom stereocenters. The lowest BCUT2D eigenvalue weighted by Crippen LogP contribution is -2.27. The Morgan fingerprint density at radius 3 is 1.97 bits per heavy atom. The molecule has 0 saturated carbocycles. The van der Waals surface area contributed by atoms with Gasteiger partial charge < -0.3 is 19.5 Å². The van der Waals surface area contributed by atoms with Gasteiger partial charge in [-0.3, -0.25) is 10.1 Å². The molecule has 2 aromatic carbocycles. The highest BCUT2D eigenvalue weighted by atomic mass is 16.6. The number of anilines is 2. The maximum atomic E-state index is 12.4. The van der Waals surface area contributed by atoms with Crippen LogP contribution in [0.25, 0.3) is 6.08 Å². The minimum Gasteiger partial charge on any atom is -0.494 e. The summed E-state index contributed by atoms with van der Waals surface area (Å²) < 4.78 is 16.2. The largest absolute Gasteiger partial charge is 0.494 e. The van der Waals surface area contributed by atoms with Crippen molar-refractivity contribution in [1.82, 2.24) is 0 Å². The molecule has 0 aromatic heterocycles. The summed E-state index contributed by atoms with van der Waals surface area (Å²) in [5, 5.41) is 5.47. The number of hydrogen-bond donors (Lipinski definition) is 2. The average molecular weight is 497 g/mol. The van der Waals surface area contributed by atoms with Crippen LogP contribution in [0.2, 0.25) is 0 Å². The van der Waals surface area contributed by atoms with Crippen LogP contribution in [-0.4, -0.2) is 35.8 Å². The molecule has 0 aliphatic rings. The highest BCUT2D eigenvalue weighted by molar-refractivity contribution is 5.97. The number of hydrogen-bond acceptors (Lipinski definition) is 6. The smallest absolute Gasteiger partial charge is 0.412 e. The summed E-state index contributed by atoms with van der Waals surface area (Å²) in [6.07, 6.45) is 3.23. The van der Waals surface area contributed by atoms with E-state index in [-0.39, 0.29) is 12.3 Å². The first-order valence-corrected chi connectivity index (χ1v) is 11.8. The number of carbonyl (C=O) groups is 3. The predicted molar refractivity (Wildman–Crippen MR) is 141 cm³/mol. The van der Waals surface area contributed by atoms with Gasteiger partial charge in [0.05, 0.1) is 18.0 Å². The van der Waals surface area contributed by atoms with E-state index in [1.165, 1.54) is 6.08 Å². The Morgan fingerprint density at radius 2 is 1.39 bits per heavy atom. The van der Waals surface area contributed by atoms with Crippen molar-refractivity contribution in [3.8, 4) is 5.75 Å². The van der Waals surface area contributed by atoms with Crippen molar-refractivity contribution in [3.63, 3.8) is 0 Å². The normalized spacial score (nSPS) is 11.6. The van der Waals surface area contributed by atoms with Gasteiger partial charge in [-0.2, -0.15) is 0 Å². The van der Waals surface area contributed by atoms with Gasteiger partial charge in [0.15, 0.2) is 0 Å². The van der Waals surface area contributed by atoms with Crippen molar-refractivity contribution in [1.29, 1.82) is 0 Å². The van der Waals surface area contributed by atoms with Crippen LogP contribution in [0.1, 0.15) is 59.9 Å². The zero-order chi connectivity index (χ0) is 26.8. The Balaban J connectivity index is 1.77. The molecule has 0 fully saturated rings. The van der Waals surface area contributed by atoms with Gasteiger partial charge in [0.1, 0.15) is 17.0 Å². The number of rotatable bonds is 9. The van der Waals surface area contributed by atoms with E-state index in [4.69, 9.17) is 14.2 Å². The zero-order valence-electron chi connectivity index (χ0n) is 21.8. The van der Waals surface area contributed by atoms with E-state index in [1.807, 2.05) is 32.9 Å². The fourth-order valence-corrected chi connectivity index (χ4v) is 2.93. The number of carbonyl (C=O) groups excluding carboxylic acids is 3. The summed E-state index contributed by atoms with van der Waals surface area (Å²) in [4.78, 5) is 36.2. The number of benzene rings is 2. The van der Waals surface area contributed by atoms with Crippen LogP contribution < -0.4 is 15.4 Å². The van der Waals surface area contributed by atoms with Crippen molar-refractivity contribution in [2.24, 2.45) is 0 Å². The molecule has 0 aliphatic carbocycles. The van der Waals surface area contributed by atoms with Crippen LogP contribution in [-0.2, 0) is 19.1 Å². The molecule has 194 valence electrons. The van der Waals surface area contributed by atoms with Crippen LogP contribution >= 0.6 is 0 Å². The van der Waals surface area contributed by atoms with Gasteiger partial charge in [-0.25, -0.2) is 9.59 Å². The average Bonchev–Trinajstić information content (AvgIpc) is 2.75. The summed E-state index contributed by atoms with van der Waals surface area (Å²) >= 11 is 0. The van der Waals surface area contributed by atoms with E-state index >= 15 is 0 Å². The van der Waals surface area contributed by atoms with E-state index in [2.05, 4.69) is 10.6 Å². The van der Waals surface area contributed by atoms with Gasteiger partial charge in [-0.15, -0.1) is 0 Å². The first kappa shape index (κ1) is 28.4. The molecule has 8 nitrogen and oxygen atoms in total. The van der Waals surface area contributed by atoms with Crippen molar-refractivity contribution in [2.75, 3.05) is 17.2 Å². The number of ether oxygens (including phenoxy) is 3. The molecule has 0 atom stereocenters. The first-order chi connectivity index (χ1) is 16.8. The van der Waals surface area contributed by atoms with Crippen LogP contribution in [0.4, 0.5) is 16.2 Å². The molecular formula is C28H36N2O6.